The molecule has 1 aromatic rings. The number of piperidine rings is 1. The lowest BCUT2D eigenvalue weighted by Gasteiger charge is -2.26. The molecule has 0 saturated carbocycles. The number of hydrogen-bond acceptors (Lipinski definition) is 4. The molecule has 1 aromatic carbocycles. The average Bonchev–Trinajstić information content (AvgIpc) is 2.64. The monoisotopic (exact) mass is 342 g/mol. The molecule has 0 spiro atoms. The zero-order valence-corrected chi connectivity index (χ0v) is 14.8. The number of nitrogens with one attached hydrogen (secondary N) is 1. The van der Waals surface area contributed by atoms with Gasteiger partial charge < -0.3 is 5.32 Å². The zero-order chi connectivity index (χ0) is 17.6. The third-order valence-electron chi connectivity index (χ3n) is 4.80. The van der Waals surface area contributed by atoms with E-state index in [2.05, 4.69) is 39.6 Å². The summed E-state index contributed by atoms with van der Waals surface area (Å²) in [6.07, 6.45) is 4.70. The van der Waals surface area contributed by atoms with Crippen molar-refractivity contribution in [1.82, 2.24) is 15.2 Å². The average molecular weight is 342 g/mol. The van der Waals surface area contributed by atoms with Gasteiger partial charge in [-0.25, -0.2) is 5.01 Å². The molecule has 2 aliphatic rings. The lowest BCUT2D eigenvalue weighted by atomic mass is 10.1. The highest BCUT2D eigenvalue weighted by Gasteiger charge is 2.21. The Morgan fingerprint density at radius 1 is 1.08 bits per heavy atom. The van der Waals surface area contributed by atoms with Gasteiger partial charge in [0.25, 0.3) is 5.91 Å². The van der Waals surface area contributed by atoms with E-state index in [9.17, 15) is 9.59 Å². The van der Waals surface area contributed by atoms with Gasteiger partial charge in [-0.1, -0.05) is 30.7 Å². The standard InChI is InChI=1S/C19H26N4O2/c1-22-18(24)10-9-17(21-22)19(25)20-13-15-5-7-16(8-6-15)14-23-11-3-2-4-12-23/h5-8H,2-4,9-14H2,1H3,(H,20,25). The fourth-order valence-electron chi connectivity index (χ4n) is 3.26. The molecule has 0 aliphatic carbocycles. The van der Waals surface area contributed by atoms with E-state index < -0.39 is 0 Å². The van der Waals surface area contributed by atoms with Gasteiger partial charge >= 0.3 is 0 Å². The van der Waals surface area contributed by atoms with Gasteiger partial charge in [0.1, 0.15) is 5.71 Å². The van der Waals surface area contributed by atoms with Crippen LogP contribution in [0.15, 0.2) is 29.4 Å². The Hall–Kier alpha value is -2.21. The molecule has 0 radical (unpaired) electrons. The van der Waals surface area contributed by atoms with Crippen molar-refractivity contribution in [3.05, 3.63) is 35.4 Å². The first-order chi connectivity index (χ1) is 12.1. The smallest absolute Gasteiger partial charge is 0.267 e. The Bertz CT molecular complexity index is 648. The Balaban J connectivity index is 1.49. The quantitative estimate of drug-likeness (QED) is 0.889. The first-order valence-corrected chi connectivity index (χ1v) is 9.04. The van der Waals surface area contributed by atoms with E-state index in [0.29, 0.717) is 25.1 Å². The third kappa shape index (κ3) is 4.89. The van der Waals surface area contributed by atoms with Crippen molar-refractivity contribution in [2.75, 3.05) is 20.1 Å². The van der Waals surface area contributed by atoms with E-state index in [1.54, 1.807) is 7.05 Å². The van der Waals surface area contributed by atoms with E-state index in [4.69, 9.17) is 0 Å². The molecule has 1 saturated heterocycles. The third-order valence-corrected chi connectivity index (χ3v) is 4.80. The molecular weight excluding hydrogens is 316 g/mol. The molecule has 2 heterocycles. The van der Waals surface area contributed by atoms with E-state index >= 15 is 0 Å². The molecule has 6 nitrogen and oxygen atoms in total. The normalized spacial score (nSPS) is 18.8. The van der Waals surface area contributed by atoms with E-state index in [-0.39, 0.29) is 11.8 Å². The van der Waals surface area contributed by atoms with Crippen LogP contribution >= 0.6 is 0 Å². The molecule has 3 rings (SSSR count). The molecule has 2 aliphatic heterocycles. The summed E-state index contributed by atoms with van der Waals surface area (Å²) in [5.41, 5.74) is 2.80. The Morgan fingerprint density at radius 2 is 1.76 bits per heavy atom. The summed E-state index contributed by atoms with van der Waals surface area (Å²) < 4.78 is 0. The SMILES string of the molecule is CN1N=C(C(=O)NCc2ccc(CN3CCCCC3)cc2)CCC1=O. The van der Waals surface area contributed by atoms with Gasteiger partial charge in [-0.3, -0.25) is 14.5 Å². The van der Waals surface area contributed by atoms with Gasteiger partial charge in [-0.05, 0) is 37.1 Å². The van der Waals surface area contributed by atoms with Crippen LogP contribution in [-0.4, -0.2) is 47.6 Å². The maximum atomic E-state index is 12.2. The minimum Gasteiger partial charge on any atom is -0.347 e. The van der Waals surface area contributed by atoms with Crippen LogP contribution in [0, 0.1) is 0 Å². The number of hydrazone groups is 1. The molecule has 1 N–H and O–H groups in total. The maximum Gasteiger partial charge on any atom is 0.267 e. The zero-order valence-electron chi connectivity index (χ0n) is 14.8. The van der Waals surface area contributed by atoms with Gasteiger partial charge in [-0.15, -0.1) is 0 Å². The largest absolute Gasteiger partial charge is 0.347 e. The summed E-state index contributed by atoms with van der Waals surface area (Å²) in [7, 11) is 1.58. The molecule has 0 unspecified atom stereocenters. The lowest BCUT2D eigenvalue weighted by Crippen LogP contribution is -2.37. The second kappa shape index (κ2) is 8.25. The van der Waals surface area contributed by atoms with Gasteiger partial charge in [-0.2, -0.15) is 5.10 Å². The number of carbonyl (C=O) groups excluding carboxylic acids is 2. The highest BCUT2D eigenvalue weighted by molar-refractivity contribution is 6.39. The van der Waals surface area contributed by atoms with Crippen molar-refractivity contribution >= 4 is 17.5 Å². The molecule has 0 aromatic heterocycles. The van der Waals surface area contributed by atoms with Crippen molar-refractivity contribution in [3.63, 3.8) is 0 Å². The molecule has 0 atom stereocenters. The van der Waals surface area contributed by atoms with Gasteiger partial charge in [0.05, 0.1) is 0 Å². The summed E-state index contributed by atoms with van der Waals surface area (Å²) in [6.45, 7) is 3.86. The number of nitrogens with zero attached hydrogens (tertiary/aromatic N) is 3. The Morgan fingerprint density at radius 3 is 2.44 bits per heavy atom. The second-order valence-electron chi connectivity index (χ2n) is 6.80. The van der Waals surface area contributed by atoms with Crippen LogP contribution in [0.5, 0.6) is 0 Å². The fraction of sp³-hybridized carbons (Fsp3) is 0.526. The molecule has 1 fully saturated rings. The molecule has 25 heavy (non-hydrogen) atoms. The second-order valence-corrected chi connectivity index (χ2v) is 6.80. The topological polar surface area (TPSA) is 65.0 Å². The Labute approximate surface area is 148 Å². The molecule has 134 valence electrons. The number of likely N-dealkylation sites (tertiary alicyclic amines) is 1. The number of rotatable bonds is 5. The van der Waals surface area contributed by atoms with Gasteiger partial charge in [0.15, 0.2) is 0 Å². The number of hydrogen-bond donors (Lipinski definition) is 1. The van der Waals surface area contributed by atoms with E-state index in [1.807, 2.05) is 0 Å². The van der Waals surface area contributed by atoms with Crippen LogP contribution in [0.25, 0.3) is 0 Å². The molecule has 0 bridgehead atoms. The van der Waals surface area contributed by atoms with Crippen LogP contribution in [0.4, 0.5) is 0 Å². The van der Waals surface area contributed by atoms with Crippen LogP contribution in [0.3, 0.4) is 0 Å². The summed E-state index contributed by atoms with van der Waals surface area (Å²) in [5.74, 6) is -0.252. The summed E-state index contributed by atoms with van der Waals surface area (Å²) in [5, 5.41) is 8.17. The van der Waals surface area contributed by atoms with Crippen LogP contribution < -0.4 is 5.32 Å². The van der Waals surface area contributed by atoms with Crippen molar-refractivity contribution in [2.24, 2.45) is 5.10 Å². The van der Waals surface area contributed by atoms with Crippen molar-refractivity contribution < 1.29 is 9.59 Å². The summed E-state index contributed by atoms with van der Waals surface area (Å²) in [6, 6.07) is 8.41. The first kappa shape index (κ1) is 17.6. The van der Waals surface area contributed by atoms with E-state index in [1.165, 1.54) is 42.9 Å². The van der Waals surface area contributed by atoms with Crippen LogP contribution in [0.2, 0.25) is 0 Å². The predicted molar refractivity (Wildman–Crippen MR) is 96.9 cm³/mol. The van der Waals surface area contributed by atoms with Crippen molar-refractivity contribution in [1.29, 1.82) is 0 Å². The summed E-state index contributed by atoms with van der Waals surface area (Å²) in [4.78, 5) is 26.1. The van der Waals surface area contributed by atoms with Crippen molar-refractivity contribution in [2.45, 2.75) is 45.2 Å². The highest BCUT2D eigenvalue weighted by Crippen LogP contribution is 2.14. The lowest BCUT2D eigenvalue weighted by molar-refractivity contribution is -0.130. The number of carbonyl (C=O) groups is 2. The predicted octanol–water partition coefficient (Wildman–Crippen LogP) is 1.90. The van der Waals surface area contributed by atoms with Crippen molar-refractivity contribution in [3.8, 4) is 0 Å². The minimum absolute atomic E-state index is 0.0548. The Kier molecular flexibility index (Phi) is 5.81. The highest BCUT2D eigenvalue weighted by atomic mass is 16.2. The molecular formula is C19H26N4O2. The summed E-state index contributed by atoms with van der Waals surface area (Å²) >= 11 is 0. The van der Waals surface area contributed by atoms with E-state index in [0.717, 1.165) is 12.1 Å². The number of benzene rings is 1. The maximum absolute atomic E-state index is 12.2. The molecule has 6 heteroatoms. The molecule has 2 amide bonds. The van der Waals surface area contributed by atoms with Crippen LogP contribution in [-0.2, 0) is 22.7 Å². The van der Waals surface area contributed by atoms with Gasteiger partial charge in [0, 0.05) is 33.0 Å². The minimum atomic E-state index is -0.197. The van der Waals surface area contributed by atoms with Crippen LogP contribution in [0.1, 0.15) is 43.2 Å². The fourth-order valence-corrected chi connectivity index (χ4v) is 3.26. The number of amides is 2. The van der Waals surface area contributed by atoms with Gasteiger partial charge in [0.2, 0.25) is 5.91 Å². The first-order valence-electron chi connectivity index (χ1n) is 9.04.